The van der Waals surface area contributed by atoms with Crippen LogP contribution in [0.15, 0.2) is 0 Å². The molecule has 2 rings (SSSR count). The summed E-state index contributed by atoms with van der Waals surface area (Å²) in [5, 5.41) is 3.54. The Kier molecular flexibility index (Phi) is 6.21. The second-order valence-corrected chi connectivity index (χ2v) is 5.68. The van der Waals surface area contributed by atoms with Crippen molar-refractivity contribution in [3.8, 4) is 0 Å². The Morgan fingerprint density at radius 2 is 2.00 bits per heavy atom. The average Bonchev–Trinajstić information content (AvgIpc) is 2.33. The van der Waals surface area contributed by atoms with Crippen LogP contribution >= 0.6 is 12.4 Å². The fourth-order valence-electron chi connectivity index (χ4n) is 2.54. The van der Waals surface area contributed by atoms with Gasteiger partial charge in [0.15, 0.2) is 0 Å². The standard InChI is InChI=1S/C13H26N2O.ClH/c1-12-10-14-13(2,16-11-12)6-9-15-7-4-3-5-8-15;/h12,14H,3-11H2,1-2H3;1H. The SMILES string of the molecule is CC1CNC(C)(CCN2CCCCC2)OC1.Cl. The summed E-state index contributed by atoms with van der Waals surface area (Å²) in [6.45, 7) is 10.2. The molecule has 0 radical (unpaired) electrons. The van der Waals surface area contributed by atoms with E-state index in [-0.39, 0.29) is 18.1 Å². The molecule has 0 aliphatic carbocycles. The van der Waals surface area contributed by atoms with Gasteiger partial charge in [-0.25, -0.2) is 0 Å². The lowest BCUT2D eigenvalue weighted by Gasteiger charge is -2.39. The zero-order valence-corrected chi connectivity index (χ0v) is 12.0. The van der Waals surface area contributed by atoms with Gasteiger partial charge in [0.1, 0.15) is 5.72 Å². The second-order valence-electron chi connectivity index (χ2n) is 5.68. The molecule has 2 atom stereocenters. The molecule has 2 saturated heterocycles. The lowest BCUT2D eigenvalue weighted by atomic mass is 10.0. The summed E-state index contributed by atoms with van der Waals surface area (Å²) >= 11 is 0. The average molecular weight is 263 g/mol. The van der Waals surface area contributed by atoms with Gasteiger partial charge in [-0.1, -0.05) is 13.3 Å². The minimum atomic E-state index is -0.0794. The summed E-state index contributed by atoms with van der Waals surface area (Å²) < 4.78 is 5.93. The molecule has 0 aromatic carbocycles. The van der Waals surface area contributed by atoms with E-state index in [1.807, 2.05) is 0 Å². The minimum Gasteiger partial charge on any atom is -0.361 e. The fourth-order valence-corrected chi connectivity index (χ4v) is 2.54. The predicted octanol–water partition coefficient (Wildman–Crippen LogP) is 2.26. The van der Waals surface area contributed by atoms with Crippen LogP contribution in [0.1, 0.15) is 39.5 Å². The first kappa shape index (κ1) is 15.2. The van der Waals surface area contributed by atoms with Crippen LogP contribution in [0.5, 0.6) is 0 Å². The van der Waals surface area contributed by atoms with E-state index in [9.17, 15) is 0 Å². The summed E-state index contributed by atoms with van der Waals surface area (Å²) in [7, 11) is 0. The molecule has 0 bridgehead atoms. The molecule has 17 heavy (non-hydrogen) atoms. The maximum absolute atomic E-state index is 5.93. The first-order valence-electron chi connectivity index (χ1n) is 6.79. The van der Waals surface area contributed by atoms with Crippen LogP contribution < -0.4 is 5.32 Å². The fraction of sp³-hybridized carbons (Fsp3) is 1.00. The summed E-state index contributed by atoms with van der Waals surface area (Å²) in [6.07, 6.45) is 5.28. The Balaban J connectivity index is 0.00000144. The Bertz CT molecular complexity index is 211. The van der Waals surface area contributed by atoms with Crippen molar-refractivity contribution in [3.63, 3.8) is 0 Å². The van der Waals surface area contributed by atoms with E-state index in [2.05, 4.69) is 24.1 Å². The topological polar surface area (TPSA) is 24.5 Å². The summed E-state index contributed by atoms with van der Waals surface area (Å²) in [5.74, 6) is 0.656. The molecular formula is C13H27ClN2O. The summed E-state index contributed by atoms with van der Waals surface area (Å²) in [5.41, 5.74) is -0.0794. The molecule has 0 amide bonds. The highest BCUT2D eigenvalue weighted by Crippen LogP contribution is 2.20. The number of piperidine rings is 1. The Hall–Kier alpha value is 0.170. The maximum atomic E-state index is 5.93. The third kappa shape index (κ3) is 4.74. The van der Waals surface area contributed by atoms with E-state index in [1.54, 1.807) is 0 Å². The largest absolute Gasteiger partial charge is 0.361 e. The van der Waals surface area contributed by atoms with E-state index >= 15 is 0 Å². The molecule has 102 valence electrons. The number of likely N-dealkylation sites (tertiary alicyclic amines) is 1. The van der Waals surface area contributed by atoms with Gasteiger partial charge < -0.3 is 9.64 Å². The highest BCUT2D eigenvalue weighted by molar-refractivity contribution is 5.85. The predicted molar refractivity (Wildman–Crippen MR) is 73.7 cm³/mol. The van der Waals surface area contributed by atoms with Crippen LogP contribution in [0.4, 0.5) is 0 Å². The number of halogens is 1. The molecule has 2 aliphatic rings. The van der Waals surface area contributed by atoms with Gasteiger partial charge in [-0.05, 0) is 38.8 Å². The van der Waals surface area contributed by atoms with Gasteiger partial charge in [0.05, 0.1) is 6.61 Å². The molecule has 0 aromatic rings. The first-order valence-corrected chi connectivity index (χ1v) is 6.79. The van der Waals surface area contributed by atoms with Gasteiger partial charge >= 0.3 is 0 Å². The van der Waals surface area contributed by atoms with E-state index < -0.39 is 0 Å². The maximum Gasteiger partial charge on any atom is 0.117 e. The van der Waals surface area contributed by atoms with Crippen molar-refractivity contribution < 1.29 is 4.74 Å². The van der Waals surface area contributed by atoms with Gasteiger partial charge in [0, 0.05) is 19.5 Å². The van der Waals surface area contributed by atoms with E-state index in [1.165, 1.54) is 38.9 Å². The number of hydrogen-bond acceptors (Lipinski definition) is 3. The molecule has 2 fully saturated rings. The zero-order chi connectivity index (χ0) is 11.4. The van der Waals surface area contributed by atoms with Crippen molar-refractivity contribution >= 4 is 12.4 Å². The van der Waals surface area contributed by atoms with Crippen LogP contribution in [0.2, 0.25) is 0 Å². The van der Waals surface area contributed by atoms with E-state index in [0.717, 1.165) is 19.6 Å². The van der Waals surface area contributed by atoms with Crippen LogP contribution in [0, 0.1) is 5.92 Å². The smallest absolute Gasteiger partial charge is 0.117 e. The van der Waals surface area contributed by atoms with Gasteiger partial charge in [-0.3, -0.25) is 5.32 Å². The van der Waals surface area contributed by atoms with Gasteiger partial charge in [-0.2, -0.15) is 0 Å². The van der Waals surface area contributed by atoms with E-state index in [4.69, 9.17) is 4.74 Å². The first-order chi connectivity index (χ1) is 7.68. The Morgan fingerprint density at radius 3 is 2.59 bits per heavy atom. The lowest BCUT2D eigenvalue weighted by Crippen LogP contribution is -2.53. The molecule has 0 aromatic heterocycles. The van der Waals surface area contributed by atoms with Crippen molar-refractivity contribution in [2.75, 3.05) is 32.8 Å². The number of nitrogens with zero attached hydrogens (tertiary/aromatic N) is 1. The highest BCUT2D eigenvalue weighted by atomic mass is 35.5. The lowest BCUT2D eigenvalue weighted by molar-refractivity contribution is -0.108. The quantitative estimate of drug-likeness (QED) is 0.845. The Morgan fingerprint density at radius 1 is 1.29 bits per heavy atom. The van der Waals surface area contributed by atoms with Gasteiger partial charge in [-0.15, -0.1) is 12.4 Å². The minimum absolute atomic E-state index is 0. The third-order valence-electron chi connectivity index (χ3n) is 3.86. The number of rotatable bonds is 3. The van der Waals surface area contributed by atoms with Crippen LogP contribution in [-0.4, -0.2) is 43.4 Å². The Labute approximate surface area is 112 Å². The van der Waals surface area contributed by atoms with Crippen molar-refractivity contribution in [2.45, 2.75) is 45.3 Å². The molecule has 4 heteroatoms. The van der Waals surface area contributed by atoms with Crippen molar-refractivity contribution in [1.82, 2.24) is 10.2 Å². The summed E-state index contributed by atoms with van der Waals surface area (Å²) in [6, 6.07) is 0. The normalized spacial score (nSPS) is 35.3. The van der Waals surface area contributed by atoms with Crippen LogP contribution in [-0.2, 0) is 4.74 Å². The highest BCUT2D eigenvalue weighted by Gasteiger charge is 2.30. The molecule has 2 unspecified atom stereocenters. The van der Waals surface area contributed by atoms with Crippen LogP contribution in [0.3, 0.4) is 0 Å². The molecule has 1 N–H and O–H groups in total. The summed E-state index contributed by atoms with van der Waals surface area (Å²) in [4.78, 5) is 2.58. The third-order valence-corrected chi connectivity index (χ3v) is 3.86. The van der Waals surface area contributed by atoms with Gasteiger partial charge in [0.25, 0.3) is 0 Å². The van der Waals surface area contributed by atoms with Crippen LogP contribution in [0.25, 0.3) is 0 Å². The van der Waals surface area contributed by atoms with Crippen molar-refractivity contribution in [3.05, 3.63) is 0 Å². The zero-order valence-electron chi connectivity index (χ0n) is 11.2. The molecule has 0 spiro atoms. The molecule has 3 nitrogen and oxygen atoms in total. The molecular weight excluding hydrogens is 236 g/mol. The monoisotopic (exact) mass is 262 g/mol. The second kappa shape index (κ2) is 6.93. The molecule has 2 heterocycles. The molecule has 2 aliphatic heterocycles. The number of nitrogens with one attached hydrogen (secondary N) is 1. The van der Waals surface area contributed by atoms with E-state index in [0.29, 0.717) is 5.92 Å². The van der Waals surface area contributed by atoms with Crippen molar-refractivity contribution in [1.29, 1.82) is 0 Å². The number of hydrogen-bond donors (Lipinski definition) is 1. The molecule has 0 saturated carbocycles. The van der Waals surface area contributed by atoms with Crippen molar-refractivity contribution in [2.24, 2.45) is 5.92 Å². The number of ether oxygens (including phenoxy) is 1. The van der Waals surface area contributed by atoms with Gasteiger partial charge in [0.2, 0.25) is 0 Å².